The van der Waals surface area contributed by atoms with Crippen LogP contribution in [0.1, 0.15) is 19.4 Å². The normalized spacial score (nSPS) is 16.1. The first-order valence-corrected chi connectivity index (χ1v) is 9.67. The van der Waals surface area contributed by atoms with E-state index in [1.54, 1.807) is 37.3 Å². The molecule has 1 fully saturated rings. The number of imide groups is 1. The molecule has 1 heterocycles. The van der Waals surface area contributed by atoms with Gasteiger partial charge in [0.25, 0.3) is 5.91 Å². The number of urea groups is 1. The number of nitrogens with zero attached hydrogens (tertiary/aromatic N) is 2. The smallest absolute Gasteiger partial charge is 0.332 e. The minimum Gasteiger partial charge on any atom is -0.493 e. The van der Waals surface area contributed by atoms with Gasteiger partial charge < -0.3 is 14.8 Å². The van der Waals surface area contributed by atoms with Crippen LogP contribution in [0.25, 0.3) is 0 Å². The number of carbonyl (C=O) groups is 3. The molecule has 30 heavy (non-hydrogen) atoms. The van der Waals surface area contributed by atoms with Crippen LogP contribution in [0.15, 0.2) is 42.5 Å². The van der Waals surface area contributed by atoms with Gasteiger partial charge in [-0.3, -0.25) is 19.4 Å². The second-order valence-corrected chi connectivity index (χ2v) is 6.94. The van der Waals surface area contributed by atoms with Gasteiger partial charge in [0, 0.05) is 17.4 Å². The summed E-state index contributed by atoms with van der Waals surface area (Å²) in [5.41, 5.74) is 2.14. The zero-order valence-electron chi connectivity index (χ0n) is 17.5. The number of anilines is 2. The van der Waals surface area contributed by atoms with Crippen LogP contribution in [0.3, 0.4) is 0 Å². The lowest BCUT2D eigenvalue weighted by atomic mass is 10.2. The van der Waals surface area contributed by atoms with E-state index in [4.69, 9.17) is 9.47 Å². The summed E-state index contributed by atoms with van der Waals surface area (Å²) in [4.78, 5) is 40.3. The van der Waals surface area contributed by atoms with Gasteiger partial charge in [-0.1, -0.05) is 17.7 Å². The zero-order valence-corrected chi connectivity index (χ0v) is 17.5. The van der Waals surface area contributed by atoms with Crippen molar-refractivity contribution in [3.05, 3.63) is 48.0 Å². The van der Waals surface area contributed by atoms with Crippen molar-refractivity contribution in [1.82, 2.24) is 4.90 Å². The van der Waals surface area contributed by atoms with E-state index in [0.717, 1.165) is 10.5 Å². The maximum atomic E-state index is 12.8. The van der Waals surface area contributed by atoms with Gasteiger partial charge in [0.2, 0.25) is 5.91 Å². The lowest BCUT2D eigenvalue weighted by Gasteiger charge is -2.19. The van der Waals surface area contributed by atoms with Crippen molar-refractivity contribution in [2.75, 3.05) is 30.5 Å². The molecule has 3 rings (SSSR count). The van der Waals surface area contributed by atoms with E-state index in [9.17, 15) is 14.4 Å². The molecule has 0 spiro atoms. The molecule has 2 aromatic carbocycles. The van der Waals surface area contributed by atoms with Gasteiger partial charge in [-0.15, -0.1) is 0 Å². The van der Waals surface area contributed by atoms with Crippen molar-refractivity contribution in [2.45, 2.75) is 26.8 Å². The standard InChI is InChI=1S/C22H25N3O5/c1-5-30-18-11-8-16(12-19(18)29-4)23-20(26)13-24-21(27)15(3)25(22(24)28)17-9-6-14(2)7-10-17/h6-12,15H,5,13H2,1-4H3,(H,23,26)/t15-/m1/s1. The third-order valence-electron chi connectivity index (χ3n) is 4.81. The van der Waals surface area contributed by atoms with Crippen molar-refractivity contribution in [3.8, 4) is 11.5 Å². The van der Waals surface area contributed by atoms with Crippen LogP contribution in [0.4, 0.5) is 16.2 Å². The van der Waals surface area contributed by atoms with Crippen molar-refractivity contribution < 1.29 is 23.9 Å². The highest BCUT2D eigenvalue weighted by Gasteiger charge is 2.44. The van der Waals surface area contributed by atoms with E-state index >= 15 is 0 Å². The summed E-state index contributed by atoms with van der Waals surface area (Å²) in [6.45, 7) is 5.56. The number of methoxy groups -OCH3 is 1. The molecule has 158 valence electrons. The molecular formula is C22H25N3O5. The average molecular weight is 411 g/mol. The number of carbonyl (C=O) groups excluding carboxylic acids is 3. The molecule has 1 aliphatic rings. The summed E-state index contributed by atoms with van der Waals surface area (Å²) in [7, 11) is 1.51. The van der Waals surface area contributed by atoms with Crippen LogP contribution in [0, 0.1) is 6.92 Å². The lowest BCUT2D eigenvalue weighted by molar-refractivity contribution is -0.130. The molecule has 1 N–H and O–H groups in total. The van der Waals surface area contributed by atoms with E-state index in [1.807, 2.05) is 26.0 Å². The van der Waals surface area contributed by atoms with E-state index < -0.39 is 23.9 Å². The first-order chi connectivity index (χ1) is 14.3. The van der Waals surface area contributed by atoms with E-state index in [2.05, 4.69) is 5.32 Å². The lowest BCUT2D eigenvalue weighted by Crippen LogP contribution is -2.39. The van der Waals surface area contributed by atoms with Gasteiger partial charge in [0.1, 0.15) is 12.6 Å². The van der Waals surface area contributed by atoms with Crippen LogP contribution >= 0.6 is 0 Å². The van der Waals surface area contributed by atoms with Crippen molar-refractivity contribution in [2.24, 2.45) is 0 Å². The molecule has 1 aliphatic heterocycles. The van der Waals surface area contributed by atoms with Gasteiger partial charge in [0.05, 0.1) is 13.7 Å². The number of aryl methyl sites for hydroxylation is 1. The molecule has 2 aromatic rings. The average Bonchev–Trinajstić information content (AvgIpc) is 2.93. The fraction of sp³-hybridized carbons (Fsp3) is 0.318. The summed E-state index contributed by atoms with van der Waals surface area (Å²) in [5.74, 6) is 0.133. The number of nitrogens with one attached hydrogen (secondary N) is 1. The Morgan fingerprint density at radius 3 is 2.43 bits per heavy atom. The molecule has 0 radical (unpaired) electrons. The molecule has 4 amide bonds. The third-order valence-corrected chi connectivity index (χ3v) is 4.81. The van der Waals surface area contributed by atoms with Gasteiger partial charge in [-0.05, 0) is 45.0 Å². The Bertz CT molecular complexity index is 958. The largest absolute Gasteiger partial charge is 0.493 e. The van der Waals surface area contributed by atoms with Gasteiger partial charge in [0.15, 0.2) is 11.5 Å². The summed E-state index contributed by atoms with van der Waals surface area (Å²) in [6.07, 6.45) is 0. The second kappa shape index (κ2) is 8.86. The van der Waals surface area contributed by atoms with Gasteiger partial charge in [-0.25, -0.2) is 4.79 Å². The second-order valence-electron chi connectivity index (χ2n) is 6.94. The highest BCUT2D eigenvalue weighted by atomic mass is 16.5. The van der Waals surface area contributed by atoms with Crippen LogP contribution in [0.5, 0.6) is 11.5 Å². The summed E-state index contributed by atoms with van der Waals surface area (Å²) >= 11 is 0. The van der Waals surface area contributed by atoms with Crippen LogP contribution in [0.2, 0.25) is 0 Å². The van der Waals surface area contributed by atoms with Crippen molar-refractivity contribution >= 4 is 29.2 Å². The van der Waals surface area contributed by atoms with Gasteiger partial charge in [-0.2, -0.15) is 0 Å². The molecule has 0 bridgehead atoms. The fourth-order valence-electron chi connectivity index (χ4n) is 3.28. The highest BCUT2D eigenvalue weighted by molar-refractivity contribution is 6.16. The number of rotatable bonds is 7. The van der Waals surface area contributed by atoms with Crippen molar-refractivity contribution in [1.29, 1.82) is 0 Å². The zero-order chi connectivity index (χ0) is 21.8. The number of amides is 4. The fourth-order valence-corrected chi connectivity index (χ4v) is 3.28. The molecule has 8 nitrogen and oxygen atoms in total. The molecule has 1 saturated heterocycles. The number of benzene rings is 2. The highest BCUT2D eigenvalue weighted by Crippen LogP contribution is 2.30. The maximum absolute atomic E-state index is 12.8. The molecule has 1 atom stereocenters. The molecule has 0 aromatic heterocycles. The van der Waals surface area contributed by atoms with E-state index in [1.165, 1.54) is 12.0 Å². The minimum absolute atomic E-state index is 0.375. The first kappa shape index (κ1) is 21.2. The summed E-state index contributed by atoms with van der Waals surface area (Å²) in [5, 5.41) is 2.69. The molecule has 0 unspecified atom stereocenters. The monoisotopic (exact) mass is 411 g/mol. The van der Waals surface area contributed by atoms with Crippen LogP contribution in [-0.4, -0.2) is 49.0 Å². The Kier molecular flexibility index (Phi) is 6.25. The Balaban J connectivity index is 1.71. The van der Waals surface area contributed by atoms with Crippen LogP contribution < -0.4 is 19.7 Å². The summed E-state index contributed by atoms with van der Waals surface area (Å²) in [6, 6.07) is 11.1. The molecular weight excluding hydrogens is 386 g/mol. The van der Waals surface area contributed by atoms with Crippen molar-refractivity contribution in [3.63, 3.8) is 0 Å². The quantitative estimate of drug-likeness (QED) is 0.707. The summed E-state index contributed by atoms with van der Waals surface area (Å²) < 4.78 is 10.7. The topological polar surface area (TPSA) is 88.2 Å². The van der Waals surface area contributed by atoms with E-state index in [-0.39, 0.29) is 6.54 Å². The Hall–Kier alpha value is -3.55. The predicted molar refractivity (Wildman–Crippen MR) is 113 cm³/mol. The number of hydrogen-bond donors (Lipinski definition) is 1. The Morgan fingerprint density at radius 2 is 1.80 bits per heavy atom. The Morgan fingerprint density at radius 1 is 1.10 bits per heavy atom. The molecule has 8 heteroatoms. The minimum atomic E-state index is -0.682. The number of ether oxygens (including phenoxy) is 2. The third kappa shape index (κ3) is 4.22. The van der Waals surface area contributed by atoms with Crippen LogP contribution in [-0.2, 0) is 9.59 Å². The SMILES string of the molecule is CCOc1ccc(NC(=O)CN2C(=O)[C@@H](C)N(c3ccc(C)cc3)C2=O)cc1OC. The number of hydrogen-bond acceptors (Lipinski definition) is 5. The molecule has 0 saturated carbocycles. The maximum Gasteiger partial charge on any atom is 0.332 e. The Labute approximate surface area is 175 Å². The van der Waals surface area contributed by atoms with E-state index in [0.29, 0.717) is 29.5 Å². The van der Waals surface area contributed by atoms with Gasteiger partial charge >= 0.3 is 6.03 Å². The predicted octanol–water partition coefficient (Wildman–Crippen LogP) is 3.20. The first-order valence-electron chi connectivity index (χ1n) is 9.67. The molecule has 0 aliphatic carbocycles.